The zero-order valence-corrected chi connectivity index (χ0v) is 16.1. The minimum Gasteiger partial charge on any atom is -0.441 e. The number of anilines is 1. The van der Waals surface area contributed by atoms with Gasteiger partial charge in [0.25, 0.3) is 0 Å². The molecule has 5 nitrogen and oxygen atoms in total. The first kappa shape index (κ1) is 18.7. The maximum atomic E-state index is 13.8. The summed E-state index contributed by atoms with van der Waals surface area (Å²) in [5.74, 6) is -0.733. The quantitative estimate of drug-likeness (QED) is 0.666. The molecule has 1 N–H and O–H groups in total. The lowest BCUT2D eigenvalue weighted by Gasteiger charge is -2.15. The second kappa shape index (κ2) is 7.79. The number of halogens is 2. The maximum absolute atomic E-state index is 13.8. The SMILES string of the molecule is CC1CCc2nc(NC(=O)CCc3ncc(-c4c(F)cccc4F)o3)sc2C1. The van der Waals surface area contributed by atoms with Gasteiger partial charge < -0.3 is 9.73 Å². The van der Waals surface area contributed by atoms with E-state index in [1.165, 1.54) is 28.5 Å². The number of nitrogens with one attached hydrogen (secondary N) is 1. The standard InChI is InChI=1S/C20H19F2N3O2S/c1-11-5-6-14-16(9-11)28-20(24-14)25-17(26)7-8-18-23-10-15(27-18)19-12(21)3-2-4-13(19)22/h2-4,10-11H,5-9H2,1H3,(H,24,25,26). The number of carbonyl (C=O) groups excluding carboxylic acids is 1. The Morgan fingerprint density at radius 2 is 2.14 bits per heavy atom. The molecule has 0 aliphatic heterocycles. The molecule has 1 atom stereocenters. The normalized spacial score (nSPS) is 16.0. The Morgan fingerprint density at radius 3 is 2.93 bits per heavy atom. The molecule has 0 saturated heterocycles. The van der Waals surface area contributed by atoms with E-state index >= 15 is 0 Å². The lowest BCUT2D eigenvalue weighted by Crippen LogP contribution is -2.12. The van der Waals surface area contributed by atoms with Crippen molar-refractivity contribution in [1.29, 1.82) is 0 Å². The highest BCUT2D eigenvalue weighted by Crippen LogP contribution is 2.32. The lowest BCUT2D eigenvalue weighted by molar-refractivity contribution is -0.116. The smallest absolute Gasteiger partial charge is 0.226 e. The van der Waals surface area contributed by atoms with Gasteiger partial charge in [-0.3, -0.25) is 4.79 Å². The number of thiazole rings is 1. The Hall–Kier alpha value is -2.61. The van der Waals surface area contributed by atoms with Gasteiger partial charge in [0, 0.05) is 17.7 Å². The molecule has 2 aromatic heterocycles. The van der Waals surface area contributed by atoms with Crippen LogP contribution in [-0.2, 0) is 24.1 Å². The van der Waals surface area contributed by atoms with Gasteiger partial charge in [0.2, 0.25) is 5.91 Å². The molecule has 0 radical (unpaired) electrons. The van der Waals surface area contributed by atoms with Gasteiger partial charge in [-0.25, -0.2) is 18.7 Å². The first-order valence-corrected chi connectivity index (χ1v) is 9.98. The molecule has 0 spiro atoms. The van der Waals surface area contributed by atoms with Gasteiger partial charge in [0.05, 0.1) is 17.5 Å². The van der Waals surface area contributed by atoms with E-state index in [-0.39, 0.29) is 36.0 Å². The molecule has 4 rings (SSSR count). The van der Waals surface area contributed by atoms with Crippen LogP contribution in [0.1, 0.15) is 36.2 Å². The number of rotatable bonds is 5. The maximum Gasteiger partial charge on any atom is 0.226 e. The van der Waals surface area contributed by atoms with Crippen molar-refractivity contribution in [3.63, 3.8) is 0 Å². The van der Waals surface area contributed by atoms with Crippen molar-refractivity contribution in [2.75, 3.05) is 5.32 Å². The number of benzene rings is 1. The van der Waals surface area contributed by atoms with Crippen LogP contribution in [0.2, 0.25) is 0 Å². The molecule has 8 heteroatoms. The number of hydrogen-bond acceptors (Lipinski definition) is 5. The van der Waals surface area contributed by atoms with Crippen molar-refractivity contribution in [3.05, 3.63) is 52.5 Å². The second-order valence-electron chi connectivity index (χ2n) is 7.00. The molecular weight excluding hydrogens is 384 g/mol. The van der Waals surface area contributed by atoms with E-state index in [0.717, 1.165) is 37.1 Å². The summed E-state index contributed by atoms with van der Waals surface area (Å²) in [6.45, 7) is 2.22. The molecule has 0 saturated carbocycles. The minimum absolute atomic E-state index is 0.00715. The number of oxazole rings is 1. The summed E-state index contributed by atoms with van der Waals surface area (Å²) in [5.41, 5.74) is 0.830. The lowest BCUT2D eigenvalue weighted by atomic mass is 9.93. The van der Waals surface area contributed by atoms with Gasteiger partial charge in [0.1, 0.15) is 11.6 Å². The number of fused-ring (bicyclic) bond motifs is 1. The monoisotopic (exact) mass is 403 g/mol. The molecule has 1 aliphatic rings. The van der Waals surface area contributed by atoms with Crippen molar-refractivity contribution in [2.24, 2.45) is 5.92 Å². The van der Waals surface area contributed by atoms with Crippen LogP contribution in [0.4, 0.5) is 13.9 Å². The third-order valence-corrected chi connectivity index (χ3v) is 5.80. The van der Waals surface area contributed by atoms with Crippen LogP contribution in [0.3, 0.4) is 0 Å². The largest absolute Gasteiger partial charge is 0.441 e. The zero-order valence-electron chi connectivity index (χ0n) is 15.3. The molecule has 3 aromatic rings. The fourth-order valence-corrected chi connectivity index (χ4v) is 4.46. The van der Waals surface area contributed by atoms with Crippen molar-refractivity contribution >= 4 is 22.4 Å². The van der Waals surface area contributed by atoms with Crippen molar-refractivity contribution in [3.8, 4) is 11.3 Å². The molecule has 2 heterocycles. The molecule has 1 aromatic carbocycles. The van der Waals surface area contributed by atoms with Crippen LogP contribution in [-0.4, -0.2) is 15.9 Å². The van der Waals surface area contributed by atoms with Crippen LogP contribution in [0, 0.1) is 17.6 Å². The number of hydrogen-bond donors (Lipinski definition) is 1. The van der Waals surface area contributed by atoms with Crippen LogP contribution < -0.4 is 5.32 Å². The molecule has 1 unspecified atom stereocenters. The van der Waals surface area contributed by atoms with Gasteiger partial charge in [-0.15, -0.1) is 11.3 Å². The molecule has 1 aliphatic carbocycles. The highest BCUT2D eigenvalue weighted by Gasteiger charge is 2.21. The molecule has 0 fully saturated rings. The Bertz CT molecular complexity index is 995. The molecule has 0 bridgehead atoms. The van der Waals surface area contributed by atoms with E-state index in [9.17, 15) is 13.6 Å². The number of nitrogens with zero attached hydrogens (tertiary/aromatic N) is 2. The second-order valence-corrected chi connectivity index (χ2v) is 8.08. The van der Waals surface area contributed by atoms with Crippen molar-refractivity contribution in [2.45, 2.75) is 39.0 Å². The summed E-state index contributed by atoms with van der Waals surface area (Å²) in [7, 11) is 0. The van der Waals surface area contributed by atoms with E-state index in [0.29, 0.717) is 11.0 Å². The van der Waals surface area contributed by atoms with Gasteiger partial charge >= 0.3 is 0 Å². The first-order valence-electron chi connectivity index (χ1n) is 9.17. The zero-order chi connectivity index (χ0) is 19.7. The summed E-state index contributed by atoms with van der Waals surface area (Å²) in [4.78, 5) is 22.0. The third-order valence-electron chi connectivity index (χ3n) is 4.76. The molecule has 1 amide bonds. The van der Waals surface area contributed by atoms with Gasteiger partial charge in [-0.2, -0.15) is 0 Å². The van der Waals surface area contributed by atoms with Gasteiger partial charge in [-0.05, 0) is 37.3 Å². The number of carbonyl (C=O) groups is 1. The fraction of sp³-hybridized carbons (Fsp3) is 0.350. The van der Waals surface area contributed by atoms with Crippen molar-refractivity contribution < 1.29 is 18.0 Å². The van der Waals surface area contributed by atoms with E-state index in [4.69, 9.17) is 4.42 Å². The average molecular weight is 403 g/mol. The summed E-state index contributed by atoms with van der Waals surface area (Å²) in [6.07, 6.45) is 4.72. The Kier molecular flexibility index (Phi) is 5.21. The van der Waals surface area contributed by atoms with E-state index in [1.807, 2.05) is 0 Å². The Labute approximate surface area is 164 Å². The number of amides is 1. The van der Waals surface area contributed by atoms with Crippen LogP contribution in [0.15, 0.2) is 28.8 Å². The summed E-state index contributed by atoms with van der Waals surface area (Å²) >= 11 is 1.53. The number of aromatic nitrogens is 2. The van der Waals surface area contributed by atoms with Crippen LogP contribution in [0.5, 0.6) is 0 Å². The topological polar surface area (TPSA) is 68.0 Å². The van der Waals surface area contributed by atoms with E-state index in [2.05, 4.69) is 22.2 Å². The van der Waals surface area contributed by atoms with Crippen LogP contribution >= 0.6 is 11.3 Å². The average Bonchev–Trinajstić information content (AvgIpc) is 3.26. The third kappa shape index (κ3) is 3.96. The fourth-order valence-electron chi connectivity index (χ4n) is 3.27. The predicted octanol–water partition coefficient (Wildman–Crippen LogP) is 4.77. The Balaban J connectivity index is 1.36. The summed E-state index contributed by atoms with van der Waals surface area (Å²) < 4.78 is 33.1. The minimum atomic E-state index is -0.720. The molecule has 146 valence electrons. The Morgan fingerprint density at radius 1 is 1.36 bits per heavy atom. The number of aryl methyl sites for hydroxylation is 2. The van der Waals surface area contributed by atoms with Gasteiger partial charge in [-0.1, -0.05) is 13.0 Å². The summed E-state index contributed by atoms with van der Waals surface area (Å²) in [6, 6.07) is 3.59. The molecular formula is C20H19F2N3O2S. The highest BCUT2D eigenvalue weighted by atomic mass is 32.1. The first-order chi connectivity index (χ1) is 13.5. The predicted molar refractivity (Wildman–Crippen MR) is 102 cm³/mol. The van der Waals surface area contributed by atoms with Crippen LogP contribution in [0.25, 0.3) is 11.3 Å². The van der Waals surface area contributed by atoms with Gasteiger partial charge in [0.15, 0.2) is 16.8 Å². The summed E-state index contributed by atoms with van der Waals surface area (Å²) in [5, 5.41) is 3.44. The molecule has 28 heavy (non-hydrogen) atoms. The van der Waals surface area contributed by atoms with Crippen molar-refractivity contribution in [1.82, 2.24) is 9.97 Å². The van der Waals surface area contributed by atoms with E-state index in [1.54, 1.807) is 0 Å². The van der Waals surface area contributed by atoms with E-state index < -0.39 is 11.6 Å². The highest BCUT2D eigenvalue weighted by molar-refractivity contribution is 7.15.